The Kier molecular flexibility index (Phi) is 3.66. The third-order valence-electron chi connectivity index (χ3n) is 3.19. The van der Waals surface area contributed by atoms with Crippen LogP contribution in [-0.2, 0) is 0 Å². The van der Waals surface area contributed by atoms with E-state index in [9.17, 15) is 4.79 Å². The summed E-state index contributed by atoms with van der Waals surface area (Å²) in [6, 6.07) is 11.2. The fourth-order valence-electron chi connectivity index (χ4n) is 2.09. The summed E-state index contributed by atoms with van der Waals surface area (Å²) in [5.74, 6) is -0.192. The Balaban J connectivity index is 1.99. The van der Waals surface area contributed by atoms with Gasteiger partial charge in [-0.1, -0.05) is 28.1 Å². The molecule has 0 saturated carbocycles. The standard InChI is InChI=1S/C16H12BrN3O/c1-10-5-6-11(17)9-14(10)20-16(21)12-3-2-4-13-15(12)19-8-7-18-13/h2-9H,1H3,(H,20,21). The van der Waals surface area contributed by atoms with Crippen LogP contribution in [0.2, 0.25) is 0 Å². The number of carbonyl (C=O) groups excluding carboxylic acids is 1. The van der Waals surface area contributed by atoms with Crippen molar-refractivity contribution in [3.05, 3.63) is 64.4 Å². The molecule has 0 aliphatic heterocycles. The van der Waals surface area contributed by atoms with Crippen LogP contribution >= 0.6 is 15.9 Å². The van der Waals surface area contributed by atoms with Gasteiger partial charge in [0.25, 0.3) is 5.91 Å². The number of nitrogens with one attached hydrogen (secondary N) is 1. The maximum Gasteiger partial charge on any atom is 0.257 e. The van der Waals surface area contributed by atoms with Gasteiger partial charge in [0.2, 0.25) is 0 Å². The second kappa shape index (κ2) is 5.61. The van der Waals surface area contributed by atoms with E-state index in [1.54, 1.807) is 24.5 Å². The third kappa shape index (κ3) is 2.78. The van der Waals surface area contributed by atoms with E-state index >= 15 is 0 Å². The number of hydrogen-bond donors (Lipinski definition) is 1. The molecule has 0 spiro atoms. The molecule has 1 aromatic heterocycles. The van der Waals surface area contributed by atoms with Crippen molar-refractivity contribution in [1.82, 2.24) is 9.97 Å². The molecule has 1 heterocycles. The highest BCUT2D eigenvalue weighted by Crippen LogP contribution is 2.22. The molecule has 21 heavy (non-hydrogen) atoms. The summed E-state index contributed by atoms with van der Waals surface area (Å²) < 4.78 is 0.918. The van der Waals surface area contributed by atoms with Crippen LogP contribution in [0.15, 0.2) is 53.3 Å². The Bertz CT molecular complexity index is 827. The number of aromatic nitrogens is 2. The summed E-state index contributed by atoms with van der Waals surface area (Å²) in [6.45, 7) is 1.95. The second-order valence-electron chi connectivity index (χ2n) is 4.64. The fraction of sp³-hybridized carbons (Fsp3) is 0.0625. The fourth-order valence-corrected chi connectivity index (χ4v) is 2.46. The number of amides is 1. The molecule has 0 fully saturated rings. The zero-order valence-electron chi connectivity index (χ0n) is 11.3. The van der Waals surface area contributed by atoms with Gasteiger partial charge in [-0.2, -0.15) is 0 Å². The number of aryl methyl sites for hydroxylation is 1. The van der Waals surface area contributed by atoms with Crippen LogP contribution < -0.4 is 5.32 Å². The molecule has 1 amide bonds. The number of rotatable bonds is 2. The maximum absolute atomic E-state index is 12.5. The van der Waals surface area contributed by atoms with E-state index < -0.39 is 0 Å². The number of hydrogen-bond acceptors (Lipinski definition) is 3. The molecule has 0 unspecified atom stereocenters. The van der Waals surface area contributed by atoms with Crippen LogP contribution in [0.25, 0.3) is 11.0 Å². The van der Waals surface area contributed by atoms with Crippen LogP contribution in [-0.4, -0.2) is 15.9 Å². The average molecular weight is 342 g/mol. The molecule has 0 radical (unpaired) electrons. The quantitative estimate of drug-likeness (QED) is 0.767. The van der Waals surface area contributed by atoms with Gasteiger partial charge >= 0.3 is 0 Å². The van der Waals surface area contributed by atoms with Gasteiger partial charge in [-0.05, 0) is 36.8 Å². The van der Waals surface area contributed by atoms with Crippen LogP contribution in [0, 0.1) is 6.92 Å². The van der Waals surface area contributed by atoms with Gasteiger partial charge in [0, 0.05) is 22.6 Å². The van der Waals surface area contributed by atoms with E-state index in [2.05, 4.69) is 31.2 Å². The lowest BCUT2D eigenvalue weighted by Gasteiger charge is -2.10. The van der Waals surface area contributed by atoms with Crippen LogP contribution in [0.4, 0.5) is 5.69 Å². The minimum absolute atomic E-state index is 0.192. The Morgan fingerprint density at radius 3 is 2.81 bits per heavy atom. The lowest BCUT2D eigenvalue weighted by molar-refractivity contribution is 0.102. The van der Waals surface area contributed by atoms with Gasteiger partial charge in [-0.3, -0.25) is 14.8 Å². The minimum Gasteiger partial charge on any atom is -0.322 e. The third-order valence-corrected chi connectivity index (χ3v) is 3.68. The molecule has 104 valence electrons. The highest BCUT2D eigenvalue weighted by Gasteiger charge is 2.12. The zero-order chi connectivity index (χ0) is 14.8. The molecule has 2 aromatic carbocycles. The van der Waals surface area contributed by atoms with Crippen LogP contribution in [0.3, 0.4) is 0 Å². The topological polar surface area (TPSA) is 54.9 Å². The highest BCUT2D eigenvalue weighted by atomic mass is 79.9. The first-order valence-corrected chi connectivity index (χ1v) is 7.22. The lowest BCUT2D eigenvalue weighted by atomic mass is 10.1. The van der Waals surface area contributed by atoms with E-state index in [4.69, 9.17) is 0 Å². The maximum atomic E-state index is 12.5. The Hall–Kier alpha value is -2.27. The molecular formula is C16H12BrN3O. The van der Waals surface area contributed by atoms with Crippen molar-refractivity contribution in [2.24, 2.45) is 0 Å². The molecular weight excluding hydrogens is 330 g/mol. The lowest BCUT2D eigenvalue weighted by Crippen LogP contribution is -2.13. The largest absolute Gasteiger partial charge is 0.322 e. The van der Waals surface area contributed by atoms with Gasteiger partial charge in [0.05, 0.1) is 11.1 Å². The summed E-state index contributed by atoms with van der Waals surface area (Å²) in [5, 5.41) is 2.92. The molecule has 4 nitrogen and oxygen atoms in total. The van der Waals surface area contributed by atoms with Crippen molar-refractivity contribution in [1.29, 1.82) is 0 Å². The molecule has 0 aliphatic rings. The average Bonchev–Trinajstić information content (AvgIpc) is 2.50. The number of fused-ring (bicyclic) bond motifs is 1. The van der Waals surface area contributed by atoms with Gasteiger partial charge in [-0.15, -0.1) is 0 Å². The summed E-state index contributed by atoms with van der Waals surface area (Å²) >= 11 is 3.41. The first kappa shape index (κ1) is 13.7. The minimum atomic E-state index is -0.192. The van der Waals surface area contributed by atoms with Gasteiger partial charge in [-0.25, -0.2) is 0 Å². The van der Waals surface area contributed by atoms with E-state index in [0.717, 1.165) is 15.7 Å². The van der Waals surface area contributed by atoms with Crippen molar-refractivity contribution < 1.29 is 4.79 Å². The first-order chi connectivity index (χ1) is 10.1. The SMILES string of the molecule is Cc1ccc(Br)cc1NC(=O)c1cccc2nccnc12. The molecule has 0 bridgehead atoms. The number of carbonyl (C=O) groups is 1. The van der Waals surface area contributed by atoms with Crippen LogP contribution in [0.5, 0.6) is 0 Å². The monoisotopic (exact) mass is 341 g/mol. The number of halogens is 1. The predicted octanol–water partition coefficient (Wildman–Crippen LogP) is 3.95. The van der Waals surface area contributed by atoms with Crippen molar-refractivity contribution in [2.75, 3.05) is 5.32 Å². The molecule has 5 heteroatoms. The molecule has 3 aromatic rings. The van der Waals surface area contributed by atoms with Gasteiger partial charge < -0.3 is 5.32 Å². The van der Waals surface area contributed by atoms with Crippen molar-refractivity contribution in [3.63, 3.8) is 0 Å². The van der Waals surface area contributed by atoms with E-state index in [-0.39, 0.29) is 5.91 Å². The Morgan fingerprint density at radius 2 is 1.95 bits per heavy atom. The highest BCUT2D eigenvalue weighted by molar-refractivity contribution is 9.10. The number of para-hydroxylation sites is 1. The number of nitrogens with zero attached hydrogens (tertiary/aromatic N) is 2. The van der Waals surface area contributed by atoms with Gasteiger partial charge in [0.15, 0.2) is 0 Å². The van der Waals surface area contributed by atoms with E-state index in [1.807, 2.05) is 31.2 Å². The number of benzene rings is 2. The molecule has 0 saturated heterocycles. The Labute approximate surface area is 130 Å². The van der Waals surface area contributed by atoms with Crippen LogP contribution in [0.1, 0.15) is 15.9 Å². The molecule has 0 atom stereocenters. The summed E-state index contributed by atoms with van der Waals surface area (Å²) in [4.78, 5) is 21.0. The smallest absolute Gasteiger partial charge is 0.257 e. The van der Waals surface area contributed by atoms with E-state index in [1.165, 1.54) is 0 Å². The zero-order valence-corrected chi connectivity index (χ0v) is 12.9. The molecule has 3 rings (SSSR count). The predicted molar refractivity (Wildman–Crippen MR) is 86.4 cm³/mol. The second-order valence-corrected chi connectivity index (χ2v) is 5.56. The summed E-state index contributed by atoms with van der Waals surface area (Å²) in [6.07, 6.45) is 3.20. The molecule has 0 aliphatic carbocycles. The first-order valence-electron chi connectivity index (χ1n) is 6.42. The summed E-state index contributed by atoms with van der Waals surface area (Å²) in [7, 11) is 0. The van der Waals surface area contributed by atoms with Crippen molar-refractivity contribution in [3.8, 4) is 0 Å². The van der Waals surface area contributed by atoms with E-state index in [0.29, 0.717) is 16.6 Å². The van der Waals surface area contributed by atoms with Crippen molar-refractivity contribution >= 4 is 38.6 Å². The molecule has 1 N–H and O–H groups in total. The summed E-state index contributed by atoms with van der Waals surface area (Å²) in [5.41, 5.74) is 3.59. The Morgan fingerprint density at radius 1 is 1.14 bits per heavy atom. The van der Waals surface area contributed by atoms with Crippen molar-refractivity contribution in [2.45, 2.75) is 6.92 Å². The number of anilines is 1. The van der Waals surface area contributed by atoms with Gasteiger partial charge in [0.1, 0.15) is 5.52 Å². The normalized spacial score (nSPS) is 10.6.